The molecule has 0 aromatic rings. The third kappa shape index (κ3) is 6.42. The number of rotatable bonds is 4. The number of carbonyl (C=O) groups is 1. The summed E-state index contributed by atoms with van der Waals surface area (Å²) in [6.07, 6.45) is 2.48. The molecule has 62 valence electrons. The Kier molecular flexibility index (Phi) is 9.58. The molecule has 0 spiro atoms. The van der Waals surface area contributed by atoms with Crippen LogP contribution in [0.2, 0.25) is 0 Å². The van der Waals surface area contributed by atoms with Gasteiger partial charge in [0.25, 0.3) is 0 Å². The molecular weight excluding hydrogens is 194 g/mol. The van der Waals surface area contributed by atoms with Crippen LogP contribution in [0.5, 0.6) is 0 Å². The molecule has 10 heavy (non-hydrogen) atoms. The summed E-state index contributed by atoms with van der Waals surface area (Å²) >= 11 is 1.60. The molecule has 0 heterocycles. The van der Waals surface area contributed by atoms with E-state index in [1.807, 2.05) is 6.26 Å². The van der Waals surface area contributed by atoms with Gasteiger partial charge in [-0.3, -0.25) is 4.79 Å². The maximum absolute atomic E-state index is 10.1. The van der Waals surface area contributed by atoms with E-state index in [1.165, 1.54) is 0 Å². The molecule has 0 rings (SSSR count). The van der Waals surface area contributed by atoms with Crippen molar-refractivity contribution in [2.45, 2.75) is 12.5 Å². The van der Waals surface area contributed by atoms with Crippen LogP contribution in [-0.2, 0) is 21.9 Å². The van der Waals surface area contributed by atoms with Gasteiger partial charge in [0, 0.05) is 17.1 Å². The Labute approximate surface area is 75.2 Å². The van der Waals surface area contributed by atoms with Gasteiger partial charge in [0.2, 0.25) is 0 Å². The quantitative estimate of drug-likeness (QED) is 0.641. The predicted octanol–water partition coefficient (Wildman–Crippen LogP) is 0.149. The van der Waals surface area contributed by atoms with Crippen LogP contribution in [-0.4, -0.2) is 29.1 Å². The van der Waals surface area contributed by atoms with E-state index < -0.39 is 12.0 Å². The minimum atomic E-state index is -0.913. The normalized spacial score (nSPS) is 11.8. The van der Waals surface area contributed by atoms with Crippen molar-refractivity contribution < 1.29 is 27.0 Å². The zero-order chi connectivity index (χ0) is 7.28. The van der Waals surface area contributed by atoms with Crippen LogP contribution in [0.15, 0.2) is 0 Å². The number of carboxylic acids is 1. The summed E-state index contributed by atoms with van der Waals surface area (Å²) in [4.78, 5) is 10.1. The van der Waals surface area contributed by atoms with Gasteiger partial charge in [0.1, 0.15) is 6.04 Å². The Morgan fingerprint density at radius 2 is 2.30 bits per heavy atom. The fourth-order valence-corrected chi connectivity index (χ4v) is 0.858. The number of hydrogen-bond donors (Lipinski definition) is 2. The van der Waals surface area contributed by atoms with E-state index >= 15 is 0 Å². The Morgan fingerprint density at radius 3 is 2.60 bits per heavy atom. The molecule has 1 unspecified atom stereocenters. The minimum absolute atomic E-state index is 0. The largest absolute Gasteiger partial charge is 0.480 e. The van der Waals surface area contributed by atoms with Crippen molar-refractivity contribution in [1.82, 2.24) is 0 Å². The number of nitrogens with two attached hydrogens (primary N) is 1. The molecule has 0 aliphatic carbocycles. The molecule has 3 N–H and O–H groups in total. The predicted molar refractivity (Wildman–Crippen MR) is 38.6 cm³/mol. The molecule has 5 heteroatoms. The van der Waals surface area contributed by atoms with Gasteiger partial charge in [-0.25, -0.2) is 0 Å². The van der Waals surface area contributed by atoms with Crippen LogP contribution in [0.25, 0.3) is 0 Å². The molecule has 0 aliphatic rings. The van der Waals surface area contributed by atoms with E-state index in [4.69, 9.17) is 10.8 Å². The second-order valence-corrected chi connectivity index (χ2v) is 2.71. The van der Waals surface area contributed by atoms with Gasteiger partial charge in [-0.15, -0.1) is 0 Å². The monoisotopic (exact) mass is 205 g/mol. The van der Waals surface area contributed by atoms with Gasteiger partial charge < -0.3 is 10.8 Å². The zero-order valence-corrected chi connectivity index (χ0v) is 7.61. The first-order chi connectivity index (χ1) is 4.18. The van der Waals surface area contributed by atoms with E-state index in [2.05, 4.69) is 0 Å². The molecule has 3 nitrogen and oxygen atoms in total. The summed E-state index contributed by atoms with van der Waals surface area (Å²) in [7, 11) is 0. The van der Waals surface area contributed by atoms with Crippen molar-refractivity contribution >= 4 is 17.7 Å². The fraction of sp³-hybridized carbons (Fsp3) is 0.800. The summed E-state index contributed by atoms with van der Waals surface area (Å²) in [5.41, 5.74) is 5.19. The SMILES string of the molecule is CSCCC(N)C(=O)O.[Fe]. The maximum atomic E-state index is 10.1. The minimum Gasteiger partial charge on any atom is -0.480 e. The van der Waals surface area contributed by atoms with Gasteiger partial charge in [0.05, 0.1) is 0 Å². The molecule has 0 aliphatic heterocycles. The maximum Gasteiger partial charge on any atom is 0.320 e. The van der Waals surface area contributed by atoms with Crippen molar-refractivity contribution in [2.24, 2.45) is 5.73 Å². The topological polar surface area (TPSA) is 63.3 Å². The van der Waals surface area contributed by atoms with Gasteiger partial charge in [0.15, 0.2) is 0 Å². The van der Waals surface area contributed by atoms with Crippen LogP contribution in [0.3, 0.4) is 0 Å². The van der Waals surface area contributed by atoms with Crippen molar-refractivity contribution in [3.8, 4) is 0 Å². The summed E-state index contributed by atoms with van der Waals surface area (Å²) in [5, 5.41) is 8.27. The first-order valence-corrected chi connectivity index (χ1v) is 4.05. The van der Waals surface area contributed by atoms with E-state index in [9.17, 15) is 4.79 Å². The molecule has 0 radical (unpaired) electrons. The molecule has 0 saturated carbocycles. The summed E-state index contributed by atoms with van der Waals surface area (Å²) < 4.78 is 0. The standard InChI is InChI=1S/C5H11NO2S.Fe/c1-9-3-2-4(6)5(7)8;/h4H,2-3,6H2,1H3,(H,7,8);. The zero-order valence-electron chi connectivity index (χ0n) is 5.69. The Morgan fingerprint density at radius 1 is 1.80 bits per heavy atom. The third-order valence-corrected chi connectivity index (χ3v) is 1.59. The summed E-state index contributed by atoms with van der Waals surface area (Å²) in [6, 6.07) is -0.683. The summed E-state index contributed by atoms with van der Waals surface area (Å²) in [6.45, 7) is 0. The fourth-order valence-electron chi connectivity index (χ4n) is 0.368. The number of thioether (sulfide) groups is 1. The van der Waals surface area contributed by atoms with Crippen LogP contribution < -0.4 is 5.73 Å². The Hall–Kier alpha value is 0.299. The van der Waals surface area contributed by atoms with E-state index in [0.717, 1.165) is 5.75 Å². The van der Waals surface area contributed by atoms with Gasteiger partial charge in [-0.2, -0.15) is 11.8 Å². The van der Waals surface area contributed by atoms with Gasteiger partial charge >= 0.3 is 5.97 Å². The molecule has 0 amide bonds. The van der Waals surface area contributed by atoms with Crippen molar-refractivity contribution in [3.63, 3.8) is 0 Å². The third-order valence-electron chi connectivity index (χ3n) is 0.950. The molecule has 1 atom stereocenters. The molecule has 0 aromatic carbocycles. The second-order valence-electron chi connectivity index (χ2n) is 1.73. The number of aliphatic carboxylic acids is 1. The van der Waals surface area contributed by atoms with E-state index in [1.54, 1.807) is 11.8 Å². The second kappa shape index (κ2) is 7.41. The van der Waals surface area contributed by atoms with Crippen LogP contribution in [0.4, 0.5) is 0 Å². The first kappa shape index (κ1) is 12.9. The van der Waals surface area contributed by atoms with Crippen molar-refractivity contribution in [2.75, 3.05) is 12.0 Å². The van der Waals surface area contributed by atoms with Gasteiger partial charge in [-0.05, 0) is 18.4 Å². The van der Waals surface area contributed by atoms with Crippen LogP contribution >= 0.6 is 11.8 Å². The van der Waals surface area contributed by atoms with Crippen molar-refractivity contribution in [1.29, 1.82) is 0 Å². The Balaban J connectivity index is 0. The smallest absolute Gasteiger partial charge is 0.320 e. The number of carboxylic acid groups (broad SMARTS) is 1. The van der Waals surface area contributed by atoms with Crippen molar-refractivity contribution in [3.05, 3.63) is 0 Å². The first-order valence-electron chi connectivity index (χ1n) is 2.65. The summed E-state index contributed by atoms with van der Waals surface area (Å²) in [5.74, 6) is -0.1000. The van der Waals surface area contributed by atoms with Crippen LogP contribution in [0, 0.1) is 0 Å². The van der Waals surface area contributed by atoms with E-state index in [0.29, 0.717) is 6.42 Å². The van der Waals surface area contributed by atoms with Gasteiger partial charge in [-0.1, -0.05) is 0 Å². The Bertz CT molecular complexity index is 102. The average Bonchev–Trinajstić information content (AvgIpc) is 1.82. The molecule has 0 fully saturated rings. The molecular formula is C5H11FeNO2S. The van der Waals surface area contributed by atoms with E-state index in [-0.39, 0.29) is 17.1 Å². The molecule has 0 saturated heterocycles. The number of hydrogen-bond acceptors (Lipinski definition) is 3. The average molecular weight is 205 g/mol. The van der Waals surface area contributed by atoms with Crippen LogP contribution in [0.1, 0.15) is 6.42 Å². The molecule has 0 aromatic heterocycles. The molecule has 0 bridgehead atoms.